The number of nitrogens with one attached hydrogen (secondary N) is 1. The summed E-state index contributed by atoms with van der Waals surface area (Å²) in [4.78, 5) is 16.1. The van der Waals surface area contributed by atoms with Gasteiger partial charge in [-0.1, -0.05) is 28.9 Å². The molecule has 6 nitrogen and oxygen atoms in total. The highest BCUT2D eigenvalue weighted by atomic mass is 79.9. The van der Waals surface area contributed by atoms with Gasteiger partial charge in [0, 0.05) is 5.56 Å². The van der Waals surface area contributed by atoms with Crippen molar-refractivity contribution in [2.75, 3.05) is 0 Å². The average Bonchev–Trinajstić information content (AvgIpc) is 3.14. The van der Waals surface area contributed by atoms with Gasteiger partial charge in [-0.2, -0.15) is 4.98 Å². The second kappa shape index (κ2) is 6.15. The summed E-state index contributed by atoms with van der Waals surface area (Å²) in [6, 6.07) is 11.0. The van der Waals surface area contributed by atoms with E-state index >= 15 is 0 Å². The molecule has 0 unspecified atom stereocenters. The lowest BCUT2D eigenvalue weighted by Crippen LogP contribution is -2.22. The first-order chi connectivity index (χ1) is 10.6. The molecule has 0 aliphatic rings. The minimum Gasteiger partial charge on any atom is -0.444 e. The number of carbonyl (C=O) groups is 1. The van der Waals surface area contributed by atoms with Gasteiger partial charge in [0.05, 0.1) is 6.54 Å². The SMILES string of the molecule is Cc1cccc(-c2noc(CNC(=O)c3ccc(Br)o3)n2)c1. The minimum absolute atomic E-state index is 0.135. The monoisotopic (exact) mass is 361 g/mol. The van der Waals surface area contributed by atoms with Gasteiger partial charge in [0.25, 0.3) is 5.91 Å². The zero-order valence-corrected chi connectivity index (χ0v) is 13.3. The van der Waals surface area contributed by atoms with Crippen molar-refractivity contribution in [3.63, 3.8) is 0 Å². The molecule has 0 aliphatic carbocycles. The van der Waals surface area contributed by atoms with Crippen LogP contribution in [0.25, 0.3) is 11.4 Å². The normalized spacial score (nSPS) is 10.6. The molecule has 0 bridgehead atoms. The van der Waals surface area contributed by atoms with Crippen molar-refractivity contribution in [2.24, 2.45) is 0 Å². The first kappa shape index (κ1) is 14.5. The number of aromatic nitrogens is 2. The summed E-state index contributed by atoms with van der Waals surface area (Å²) in [5.74, 6) is 0.690. The molecular weight excluding hydrogens is 350 g/mol. The fourth-order valence-corrected chi connectivity index (χ4v) is 2.21. The molecule has 0 saturated heterocycles. The van der Waals surface area contributed by atoms with Crippen LogP contribution in [-0.4, -0.2) is 16.0 Å². The Kier molecular flexibility index (Phi) is 4.06. The molecule has 3 rings (SSSR count). The van der Waals surface area contributed by atoms with Gasteiger partial charge in [-0.25, -0.2) is 0 Å². The number of hydrogen-bond acceptors (Lipinski definition) is 5. The van der Waals surface area contributed by atoms with Gasteiger partial charge in [-0.15, -0.1) is 0 Å². The number of furan rings is 1. The lowest BCUT2D eigenvalue weighted by atomic mass is 10.1. The van der Waals surface area contributed by atoms with E-state index in [-0.39, 0.29) is 18.2 Å². The maximum Gasteiger partial charge on any atom is 0.287 e. The molecule has 0 atom stereocenters. The molecule has 0 fully saturated rings. The molecule has 1 N–H and O–H groups in total. The van der Waals surface area contributed by atoms with Crippen molar-refractivity contribution in [3.05, 3.63) is 58.3 Å². The van der Waals surface area contributed by atoms with Crippen molar-refractivity contribution in [3.8, 4) is 11.4 Å². The molecule has 7 heteroatoms. The molecular formula is C15H12BrN3O3. The van der Waals surface area contributed by atoms with Crippen LogP contribution in [0.3, 0.4) is 0 Å². The molecule has 2 heterocycles. The van der Waals surface area contributed by atoms with Crippen LogP contribution >= 0.6 is 15.9 Å². The number of rotatable bonds is 4. The third-order valence-electron chi connectivity index (χ3n) is 2.94. The van der Waals surface area contributed by atoms with Crippen molar-refractivity contribution in [2.45, 2.75) is 13.5 Å². The van der Waals surface area contributed by atoms with Gasteiger partial charge in [-0.3, -0.25) is 4.79 Å². The summed E-state index contributed by atoms with van der Waals surface area (Å²) < 4.78 is 10.8. The zero-order chi connectivity index (χ0) is 15.5. The third kappa shape index (κ3) is 3.25. The first-order valence-electron chi connectivity index (χ1n) is 6.55. The summed E-state index contributed by atoms with van der Waals surface area (Å²) in [5.41, 5.74) is 1.98. The summed E-state index contributed by atoms with van der Waals surface area (Å²) in [6.07, 6.45) is 0. The van der Waals surface area contributed by atoms with Crippen LogP contribution in [0.1, 0.15) is 22.0 Å². The Morgan fingerprint density at radius 3 is 2.91 bits per heavy atom. The van der Waals surface area contributed by atoms with Crippen LogP contribution in [0.4, 0.5) is 0 Å². The molecule has 1 amide bonds. The Hall–Kier alpha value is -2.41. The van der Waals surface area contributed by atoms with Gasteiger partial charge in [0.2, 0.25) is 11.7 Å². The Balaban J connectivity index is 1.66. The highest BCUT2D eigenvalue weighted by molar-refractivity contribution is 9.10. The molecule has 112 valence electrons. The van der Waals surface area contributed by atoms with Crippen LogP contribution in [0, 0.1) is 6.92 Å². The standard InChI is InChI=1S/C15H12BrN3O3/c1-9-3-2-4-10(7-9)14-18-13(22-19-14)8-17-15(20)11-5-6-12(16)21-11/h2-7H,8H2,1H3,(H,17,20). The summed E-state index contributed by atoms with van der Waals surface area (Å²) in [7, 11) is 0. The highest BCUT2D eigenvalue weighted by Gasteiger charge is 2.13. The number of aryl methyl sites for hydroxylation is 1. The molecule has 0 radical (unpaired) electrons. The maximum absolute atomic E-state index is 11.8. The number of nitrogens with zero attached hydrogens (tertiary/aromatic N) is 2. The number of benzene rings is 1. The highest BCUT2D eigenvalue weighted by Crippen LogP contribution is 2.17. The predicted molar refractivity (Wildman–Crippen MR) is 82.0 cm³/mol. The van der Waals surface area contributed by atoms with Crippen molar-refractivity contribution in [1.29, 1.82) is 0 Å². The van der Waals surface area contributed by atoms with E-state index in [0.29, 0.717) is 16.4 Å². The largest absolute Gasteiger partial charge is 0.444 e. The summed E-state index contributed by atoms with van der Waals surface area (Å²) >= 11 is 3.14. The molecule has 0 aliphatic heterocycles. The molecule has 0 saturated carbocycles. The van der Waals surface area contributed by atoms with E-state index in [4.69, 9.17) is 8.94 Å². The lowest BCUT2D eigenvalue weighted by Gasteiger charge is -1.98. The second-order valence-corrected chi connectivity index (χ2v) is 5.45. The van der Waals surface area contributed by atoms with E-state index in [1.165, 1.54) is 0 Å². The molecule has 22 heavy (non-hydrogen) atoms. The zero-order valence-electron chi connectivity index (χ0n) is 11.7. The number of carbonyl (C=O) groups excluding carboxylic acids is 1. The number of hydrogen-bond donors (Lipinski definition) is 1. The third-order valence-corrected chi connectivity index (χ3v) is 3.37. The van der Waals surface area contributed by atoms with Crippen molar-refractivity contribution >= 4 is 21.8 Å². The smallest absolute Gasteiger partial charge is 0.287 e. The van der Waals surface area contributed by atoms with Crippen LogP contribution in [0.2, 0.25) is 0 Å². The molecule has 1 aromatic carbocycles. The van der Waals surface area contributed by atoms with Gasteiger partial charge >= 0.3 is 0 Å². The van der Waals surface area contributed by atoms with Crippen LogP contribution < -0.4 is 5.32 Å². The van der Waals surface area contributed by atoms with Crippen LogP contribution in [0.15, 0.2) is 50.0 Å². The summed E-state index contributed by atoms with van der Waals surface area (Å²) in [5, 5.41) is 6.57. The fraction of sp³-hybridized carbons (Fsp3) is 0.133. The summed E-state index contributed by atoms with van der Waals surface area (Å²) in [6.45, 7) is 2.13. The second-order valence-electron chi connectivity index (χ2n) is 4.67. The molecule has 3 aromatic rings. The fourth-order valence-electron chi connectivity index (χ4n) is 1.91. The van der Waals surface area contributed by atoms with Crippen LogP contribution in [-0.2, 0) is 6.54 Å². The van der Waals surface area contributed by atoms with Crippen LogP contribution in [0.5, 0.6) is 0 Å². The quantitative estimate of drug-likeness (QED) is 0.770. The van der Waals surface area contributed by atoms with E-state index < -0.39 is 0 Å². The van der Waals surface area contributed by atoms with Crippen molar-refractivity contribution in [1.82, 2.24) is 15.5 Å². The van der Waals surface area contributed by atoms with E-state index in [2.05, 4.69) is 31.4 Å². The van der Waals surface area contributed by atoms with E-state index in [0.717, 1.165) is 11.1 Å². The predicted octanol–water partition coefficient (Wildman–Crippen LogP) is 3.33. The Morgan fingerprint density at radius 2 is 2.18 bits per heavy atom. The van der Waals surface area contributed by atoms with Gasteiger partial charge in [0.15, 0.2) is 10.4 Å². The van der Waals surface area contributed by atoms with Gasteiger partial charge < -0.3 is 14.3 Å². The Morgan fingerprint density at radius 1 is 1.32 bits per heavy atom. The minimum atomic E-state index is -0.346. The lowest BCUT2D eigenvalue weighted by molar-refractivity contribution is 0.0917. The van der Waals surface area contributed by atoms with Gasteiger partial charge in [-0.05, 0) is 41.1 Å². The van der Waals surface area contributed by atoms with E-state index in [1.54, 1.807) is 12.1 Å². The Labute approximate surface area is 134 Å². The number of amides is 1. The number of halogens is 1. The van der Waals surface area contributed by atoms with Crippen molar-refractivity contribution < 1.29 is 13.7 Å². The van der Waals surface area contributed by atoms with E-state index in [9.17, 15) is 4.79 Å². The first-order valence-corrected chi connectivity index (χ1v) is 7.34. The molecule has 2 aromatic heterocycles. The average molecular weight is 362 g/mol. The molecule has 0 spiro atoms. The topological polar surface area (TPSA) is 81.2 Å². The van der Waals surface area contributed by atoms with E-state index in [1.807, 2.05) is 31.2 Å². The Bertz CT molecular complexity index is 810. The maximum atomic E-state index is 11.8. The van der Waals surface area contributed by atoms with Gasteiger partial charge in [0.1, 0.15) is 0 Å².